The average molecular weight is 1440 g/mol. The Morgan fingerprint density at radius 3 is 1.26 bits per heavy atom. The van der Waals surface area contributed by atoms with E-state index in [0.717, 1.165) is 161 Å². The third-order valence-corrected chi connectivity index (χ3v) is 21.9. The third kappa shape index (κ3) is 18.6. The van der Waals surface area contributed by atoms with Crippen LogP contribution in [0.5, 0.6) is 74.7 Å². The van der Waals surface area contributed by atoms with E-state index in [0.29, 0.717) is 31.3 Å². The van der Waals surface area contributed by atoms with Gasteiger partial charge in [0.25, 0.3) is 0 Å². The number of thioether (sulfide) groups is 2. The highest BCUT2D eigenvalue weighted by atomic mass is 32.2. The molecular formula is C83H84F3N3O12S2. The lowest BCUT2D eigenvalue weighted by Crippen LogP contribution is -2.26. The van der Waals surface area contributed by atoms with Crippen LogP contribution in [0.2, 0.25) is 0 Å². The molecule has 0 unspecified atom stereocenters. The fourth-order valence-corrected chi connectivity index (χ4v) is 16.2. The van der Waals surface area contributed by atoms with Gasteiger partial charge in [-0.25, -0.2) is 0 Å². The Balaban J connectivity index is 0.000000138. The lowest BCUT2D eigenvalue weighted by molar-refractivity contribution is 0.190. The second-order valence-corrected chi connectivity index (χ2v) is 28.9. The van der Waals surface area contributed by atoms with Crippen LogP contribution in [0.1, 0.15) is 64.2 Å². The molecule has 3 fully saturated rings. The predicted octanol–water partition coefficient (Wildman–Crippen LogP) is 17.9. The first-order chi connectivity index (χ1) is 50.3. The molecule has 20 heteroatoms. The number of halogens is 3. The number of ether oxygens (including phenoxy) is 6. The van der Waals surface area contributed by atoms with Crippen molar-refractivity contribution in [1.29, 1.82) is 0 Å². The van der Waals surface area contributed by atoms with E-state index in [4.69, 9.17) is 28.4 Å². The number of rotatable bonds is 22. The van der Waals surface area contributed by atoms with Gasteiger partial charge in [0.1, 0.15) is 107 Å². The van der Waals surface area contributed by atoms with Crippen LogP contribution >= 0.6 is 23.5 Å². The Morgan fingerprint density at radius 1 is 0.388 bits per heavy atom. The van der Waals surface area contributed by atoms with Gasteiger partial charge in [-0.05, 0) is 218 Å². The monoisotopic (exact) mass is 1440 g/mol. The summed E-state index contributed by atoms with van der Waals surface area (Å²) >= 11 is 3.25. The molecule has 6 N–H and O–H groups in total. The van der Waals surface area contributed by atoms with Crippen molar-refractivity contribution in [2.45, 2.75) is 51.8 Å². The fraction of sp³-hybridized carbons (Fsp3) is 0.301. The number of aromatic hydroxyl groups is 6. The Bertz CT molecular complexity index is 4410. The van der Waals surface area contributed by atoms with Crippen molar-refractivity contribution in [3.05, 3.63) is 235 Å². The summed E-state index contributed by atoms with van der Waals surface area (Å²) in [6, 6.07) is 64.0. The Labute approximate surface area is 606 Å². The van der Waals surface area contributed by atoms with Crippen molar-refractivity contribution >= 4 is 34.3 Å². The van der Waals surface area contributed by atoms with E-state index in [1.165, 1.54) is 0 Å². The zero-order valence-electron chi connectivity index (χ0n) is 56.9. The first kappa shape index (κ1) is 71.8. The summed E-state index contributed by atoms with van der Waals surface area (Å²) < 4.78 is 75.4. The number of phenols is 6. The van der Waals surface area contributed by atoms with Gasteiger partial charge in [0.15, 0.2) is 0 Å². The molecule has 0 bridgehead atoms. The first-order valence-electron chi connectivity index (χ1n) is 34.9. The molecule has 0 aliphatic carbocycles. The first-order valence-corrected chi connectivity index (χ1v) is 36.7. The maximum Gasteiger partial charge on any atom is 0.143 e. The number of fused-ring (bicyclic) bond motifs is 3. The highest BCUT2D eigenvalue weighted by molar-refractivity contribution is 8.00. The summed E-state index contributed by atoms with van der Waals surface area (Å²) in [4.78, 5) is 8.49. The second kappa shape index (κ2) is 34.1. The molecule has 10 aromatic rings. The van der Waals surface area contributed by atoms with Crippen LogP contribution in [-0.2, 0) is 0 Å². The maximum atomic E-state index is 12.8. The van der Waals surface area contributed by atoms with Gasteiger partial charge in [-0.3, -0.25) is 27.9 Å². The predicted molar refractivity (Wildman–Crippen MR) is 397 cm³/mol. The lowest BCUT2D eigenvalue weighted by atomic mass is 9.99. The minimum absolute atomic E-state index is 0.0553. The summed E-state index contributed by atoms with van der Waals surface area (Å²) in [5, 5.41) is 60.8. The maximum absolute atomic E-state index is 12.8. The average Bonchev–Trinajstić information content (AvgIpc) is 1.31. The summed E-state index contributed by atoms with van der Waals surface area (Å²) in [5.74, 6) is 6.82. The van der Waals surface area contributed by atoms with Crippen molar-refractivity contribution in [3.8, 4) is 85.9 Å². The van der Waals surface area contributed by atoms with Gasteiger partial charge in [0.2, 0.25) is 0 Å². The van der Waals surface area contributed by atoms with E-state index in [2.05, 4.69) is 14.7 Å². The molecule has 10 aromatic carbocycles. The highest BCUT2D eigenvalue weighted by Crippen LogP contribution is 2.56. The Hall–Kier alpha value is -9.57. The lowest BCUT2D eigenvalue weighted by Gasteiger charge is -2.34. The number of likely N-dealkylation sites (tertiary alicyclic amines) is 3. The highest BCUT2D eigenvalue weighted by Gasteiger charge is 2.36. The summed E-state index contributed by atoms with van der Waals surface area (Å²) in [6.07, 6.45) is 2.24. The van der Waals surface area contributed by atoms with Crippen molar-refractivity contribution < 1.29 is 72.2 Å². The van der Waals surface area contributed by atoms with Crippen molar-refractivity contribution in [3.63, 3.8) is 0 Å². The van der Waals surface area contributed by atoms with E-state index in [-0.39, 0.29) is 95.0 Å². The van der Waals surface area contributed by atoms with E-state index < -0.39 is 0 Å². The van der Waals surface area contributed by atoms with Crippen LogP contribution in [0.15, 0.2) is 222 Å². The molecule has 15 nitrogen and oxygen atoms in total. The molecule has 0 radical (unpaired) electrons. The van der Waals surface area contributed by atoms with Crippen molar-refractivity contribution in [2.75, 3.05) is 98.7 Å². The summed E-state index contributed by atoms with van der Waals surface area (Å²) in [5.41, 5.74) is 5.77. The molecule has 5 heterocycles. The largest absolute Gasteiger partial charge is 0.508 e. The van der Waals surface area contributed by atoms with Gasteiger partial charge in [-0.1, -0.05) is 66.7 Å². The molecule has 7 atom stereocenters. The minimum Gasteiger partial charge on any atom is -0.508 e. The molecule has 103 heavy (non-hydrogen) atoms. The molecule has 0 amide bonds. The standard InChI is InChI=1S/C29H28FNO4.2C27H28FNO4S/c30-18-20-13-14-31(19-20)15-16-34-25-7-9-26(10-8-25)35-29-27(21-1-4-23(32)5-2-21)11-3-22-17-24(33)6-12-28(22)29;28-16-18-11-12-29(17-18)13-14-32-23-8-3-19(4-9-23)26-27(20-1-5-21(30)6-2-20)34-25-15-22(31)7-10-24(25)33-26;28-16-18-10-11-29(17-18)12-13-32-23-7-4-19(5-8-23)26-27(20-2-1-3-21(30)14-20)34-25-15-22(31)6-9-24(25)33-26/h1-12,17,20,32-33H,13-16,18-19H2;1-10,15,18,26-27,30-31H,11-14,16-17H2;1-9,14-15,18,26-27,30-31H,10-13,16-17H2/t20-;2*18-,26-,27+/m000/s1. The van der Waals surface area contributed by atoms with E-state index in [1.54, 1.807) is 108 Å². The number of phenolic OH excluding ortho intramolecular Hbond substituents is 6. The van der Waals surface area contributed by atoms with E-state index in [9.17, 15) is 43.8 Å². The molecule has 3 saturated heterocycles. The van der Waals surface area contributed by atoms with Gasteiger partial charge >= 0.3 is 0 Å². The van der Waals surface area contributed by atoms with E-state index >= 15 is 0 Å². The molecule has 5 aliphatic heterocycles. The van der Waals surface area contributed by atoms with Crippen LogP contribution in [0.3, 0.4) is 0 Å². The SMILES string of the molecule is Oc1ccc(-c2ccc3cc(O)ccc3c2Oc2ccc(OCCN3CC[C@@H](CF)C3)cc2)cc1.Oc1ccc([C@H]2Sc3cc(O)ccc3O[C@H]2c2ccc(OCCN3CC[C@@H](CF)C3)cc2)cc1.Oc1cccc([C@H]2Sc3cc(O)ccc3O[C@H]2c2ccc(OCCN3CC[C@@H](CF)C3)cc2)c1. The number of alkyl halides is 3. The van der Waals surface area contributed by atoms with Crippen LogP contribution in [0, 0.1) is 17.8 Å². The molecule has 0 saturated carbocycles. The Kier molecular flexibility index (Phi) is 23.8. The van der Waals surface area contributed by atoms with Gasteiger partial charge in [0.05, 0.1) is 40.3 Å². The second-order valence-electron chi connectivity index (χ2n) is 26.6. The molecule has 15 rings (SSSR count). The van der Waals surface area contributed by atoms with Crippen molar-refractivity contribution in [2.24, 2.45) is 17.8 Å². The normalized spacial score (nSPS) is 20.1. The zero-order chi connectivity index (χ0) is 71.2. The topological polar surface area (TPSA) is 186 Å². The third-order valence-electron chi connectivity index (χ3n) is 19.2. The number of benzene rings is 10. The van der Waals surface area contributed by atoms with Gasteiger partial charge in [0, 0.05) is 68.0 Å². The minimum atomic E-state index is -0.278. The zero-order valence-corrected chi connectivity index (χ0v) is 58.5. The van der Waals surface area contributed by atoms with Gasteiger partial charge in [-0.15, -0.1) is 23.5 Å². The smallest absolute Gasteiger partial charge is 0.143 e. The molecular weight excluding hydrogens is 1350 g/mol. The van der Waals surface area contributed by atoms with Crippen molar-refractivity contribution in [1.82, 2.24) is 14.7 Å². The quantitative estimate of drug-likeness (QED) is 0.0376. The van der Waals surface area contributed by atoms with E-state index in [1.807, 2.05) is 127 Å². The molecule has 0 spiro atoms. The summed E-state index contributed by atoms with van der Waals surface area (Å²) in [6.45, 7) is 8.57. The van der Waals surface area contributed by atoms with Gasteiger partial charge in [-0.2, -0.15) is 0 Å². The number of hydrogen-bond donors (Lipinski definition) is 6. The van der Waals surface area contributed by atoms with Crippen LogP contribution in [0.4, 0.5) is 13.2 Å². The number of nitrogens with zero attached hydrogens (tertiary/aromatic N) is 3. The van der Waals surface area contributed by atoms with Crippen LogP contribution < -0.4 is 28.4 Å². The summed E-state index contributed by atoms with van der Waals surface area (Å²) in [7, 11) is 0. The van der Waals surface area contributed by atoms with Crippen LogP contribution in [0.25, 0.3) is 21.9 Å². The van der Waals surface area contributed by atoms with Crippen LogP contribution in [-0.4, -0.2) is 144 Å². The van der Waals surface area contributed by atoms with Gasteiger partial charge < -0.3 is 59.1 Å². The molecule has 536 valence electrons. The molecule has 5 aliphatic rings. The molecule has 0 aromatic heterocycles. The fourth-order valence-electron chi connectivity index (χ4n) is 13.6. The number of hydrogen-bond acceptors (Lipinski definition) is 17. The Morgan fingerprint density at radius 2 is 0.796 bits per heavy atom.